The molecule has 1 atom stereocenters. The number of methoxy groups -OCH3 is 1. The van der Waals surface area contributed by atoms with Gasteiger partial charge in [0.15, 0.2) is 0 Å². The van der Waals surface area contributed by atoms with Gasteiger partial charge in [-0.2, -0.15) is 0 Å². The molecular formula is C17H15NO3. The molecule has 106 valence electrons. The summed E-state index contributed by atoms with van der Waals surface area (Å²) >= 11 is 0. The minimum atomic E-state index is -0.321. The number of carbonyl (C=O) groups excluding carboxylic acids is 2. The van der Waals surface area contributed by atoms with Crippen LogP contribution in [0, 0.1) is 0 Å². The summed E-state index contributed by atoms with van der Waals surface area (Å²) in [5.41, 5.74) is 3.55. The predicted octanol–water partition coefficient (Wildman–Crippen LogP) is 2.49. The molecule has 2 aromatic rings. The van der Waals surface area contributed by atoms with Gasteiger partial charge in [0.05, 0.1) is 19.4 Å². The van der Waals surface area contributed by atoms with E-state index < -0.39 is 0 Å². The maximum absolute atomic E-state index is 12.2. The lowest BCUT2D eigenvalue weighted by Gasteiger charge is -2.11. The van der Waals surface area contributed by atoms with E-state index in [1.54, 1.807) is 0 Å². The average molecular weight is 281 g/mol. The van der Waals surface area contributed by atoms with E-state index in [0.29, 0.717) is 0 Å². The molecule has 1 aliphatic rings. The van der Waals surface area contributed by atoms with Gasteiger partial charge in [0.1, 0.15) is 0 Å². The molecule has 1 unspecified atom stereocenters. The number of esters is 1. The number of rotatable bonds is 3. The molecule has 1 amide bonds. The van der Waals surface area contributed by atoms with Crippen molar-refractivity contribution in [1.82, 2.24) is 0 Å². The van der Waals surface area contributed by atoms with E-state index in [0.717, 1.165) is 22.4 Å². The largest absolute Gasteiger partial charge is 0.469 e. The molecule has 0 fully saturated rings. The maximum Gasteiger partial charge on any atom is 0.309 e. The summed E-state index contributed by atoms with van der Waals surface area (Å²) in [5, 5.41) is 2.89. The van der Waals surface area contributed by atoms with Crippen LogP contribution in [-0.4, -0.2) is 19.0 Å². The first-order valence-electron chi connectivity index (χ1n) is 6.74. The van der Waals surface area contributed by atoms with Crippen molar-refractivity contribution < 1.29 is 14.3 Å². The van der Waals surface area contributed by atoms with Crippen LogP contribution in [0.1, 0.15) is 22.6 Å². The van der Waals surface area contributed by atoms with E-state index in [2.05, 4.69) is 10.1 Å². The van der Waals surface area contributed by atoms with Crippen molar-refractivity contribution in [3.63, 3.8) is 0 Å². The molecule has 1 aliphatic heterocycles. The highest BCUT2D eigenvalue weighted by Gasteiger charge is 2.31. The number of para-hydroxylation sites is 1. The van der Waals surface area contributed by atoms with Crippen molar-refractivity contribution in [2.24, 2.45) is 0 Å². The van der Waals surface area contributed by atoms with Crippen LogP contribution in [0.5, 0.6) is 0 Å². The molecule has 0 radical (unpaired) electrons. The van der Waals surface area contributed by atoms with Crippen LogP contribution in [0.25, 0.3) is 0 Å². The summed E-state index contributed by atoms with van der Waals surface area (Å²) in [6, 6.07) is 15.2. The molecule has 21 heavy (non-hydrogen) atoms. The Morgan fingerprint density at radius 1 is 1.19 bits per heavy atom. The normalized spacial score (nSPS) is 16.2. The fourth-order valence-corrected chi connectivity index (χ4v) is 2.66. The topological polar surface area (TPSA) is 55.4 Å². The van der Waals surface area contributed by atoms with E-state index in [1.165, 1.54) is 7.11 Å². The summed E-state index contributed by atoms with van der Waals surface area (Å²) in [7, 11) is 1.37. The Balaban J connectivity index is 1.96. The van der Waals surface area contributed by atoms with Gasteiger partial charge in [0.25, 0.3) is 0 Å². The molecule has 4 heteroatoms. The molecule has 0 aliphatic carbocycles. The molecule has 4 nitrogen and oxygen atoms in total. The van der Waals surface area contributed by atoms with E-state index in [-0.39, 0.29) is 24.2 Å². The number of hydrogen-bond acceptors (Lipinski definition) is 3. The van der Waals surface area contributed by atoms with Crippen LogP contribution in [0.15, 0.2) is 48.5 Å². The Bertz CT molecular complexity index is 709. The van der Waals surface area contributed by atoms with Gasteiger partial charge in [-0.3, -0.25) is 9.59 Å². The zero-order valence-electron chi connectivity index (χ0n) is 11.6. The fourth-order valence-electron chi connectivity index (χ4n) is 2.66. The highest BCUT2D eigenvalue weighted by atomic mass is 16.5. The van der Waals surface area contributed by atoms with Crippen molar-refractivity contribution in [3.8, 4) is 0 Å². The maximum atomic E-state index is 12.2. The van der Waals surface area contributed by atoms with E-state index in [9.17, 15) is 9.59 Å². The van der Waals surface area contributed by atoms with Crippen molar-refractivity contribution in [2.45, 2.75) is 12.3 Å². The number of nitrogens with one attached hydrogen (secondary N) is 1. The summed E-state index contributed by atoms with van der Waals surface area (Å²) in [6.07, 6.45) is 0.209. The zero-order chi connectivity index (χ0) is 14.8. The standard InChI is InChI=1S/C17H15NO3/c1-21-15(19)10-11-5-4-6-12(9-11)16-13-7-2-3-8-14(13)18-17(16)20/h2-9,16H,10H2,1H3,(H,18,20). The molecule has 0 bridgehead atoms. The number of benzene rings is 2. The third-order valence-corrected chi connectivity index (χ3v) is 3.65. The number of amides is 1. The van der Waals surface area contributed by atoms with Crippen LogP contribution in [0.4, 0.5) is 5.69 Å². The van der Waals surface area contributed by atoms with Gasteiger partial charge in [-0.25, -0.2) is 0 Å². The van der Waals surface area contributed by atoms with E-state index in [1.807, 2.05) is 48.5 Å². The molecule has 0 spiro atoms. The van der Waals surface area contributed by atoms with Crippen LogP contribution in [0.2, 0.25) is 0 Å². The highest BCUT2D eigenvalue weighted by Crippen LogP contribution is 2.37. The first-order chi connectivity index (χ1) is 10.2. The van der Waals surface area contributed by atoms with Crippen LogP contribution in [-0.2, 0) is 20.7 Å². The van der Waals surface area contributed by atoms with Gasteiger partial charge in [-0.15, -0.1) is 0 Å². The first-order valence-corrected chi connectivity index (χ1v) is 6.74. The van der Waals surface area contributed by atoms with Gasteiger partial charge in [-0.05, 0) is 22.8 Å². The second kappa shape index (κ2) is 5.40. The van der Waals surface area contributed by atoms with Crippen molar-refractivity contribution in [1.29, 1.82) is 0 Å². The molecule has 0 saturated carbocycles. The third-order valence-electron chi connectivity index (χ3n) is 3.65. The Hall–Kier alpha value is -2.62. The smallest absolute Gasteiger partial charge is 0.309 e. The van der Waals surface area contributed by atoms with E-state index in [4.69, 9.17) is 0 Å². The van der Waals surface area contributed by atoms with Crippen molar-refractivity contribution >= 4 is 17.6 Å². The fraction of sp³-hybridized carbons (Fsp3) is 0.176. The molecular weight excluding hydrogens is 266 g/mol. The number of hydrogen-bond donors (Lipinski definition) is 1. The quantitative estimate of drug-likeness (QED) is 0.879. The minimum Gasteiger partial charge on any atom is -0.469 e. The van der Waals surface area contributed by atoms with Gasteiger partial charge in [0, 0.05) is 5.69 Å². The third kappa shape index (κ3) is 2.52. The Morgan fingerprint density at radius 3 is 2.81 bits per heavy atom. The summed E-state index contributed by atoms with van der Waals surface area (Å²) in [6.45, 7) is 0. The molecule has 0 aromatic heterocycles. The number of carbonyl (C=O) groups is 2. The lowest BCUT2D eigenvalue weighted by atomic mass is 9.91. The minimum absolute atomic E-state index is 0.0357. The number of anilines is 1. The summed E-state index contributed by atoms with van der Waals surface area (Å²) in [4.78, 5) is 23.6. The second-order valence-corrected chi connectivity index (χ2v) is 5.01. The molecule has 1 N–H and O–H groups in total. The molecule has 0 saturated heterocycles. The molecule has 3 rings (SSSR count). The Kier molecular flexibility index (Phi) is 3.44. The van der Waals surface area contributed by atoms with Crippen LogP contribution in [0.3, 0.4) is 0 Å². The first kappa shape index (κ1) is 13.4. The van der Waals surface area contributed by atoms with Gasteiger partial charge in [0.2, 0.25) is 5.91 Å². The Morgan fingerprint density at radius 2 is 2.00 bits per heavy atom. The van der Waals surface area contributed by atoms with Gasteiger partial charge >= 0.3 is 5.97 Å². The monoisotopic (exact) mass is 281 g/mol. The Labute approximate surface area is 122 Å². The second-order valence-electron chi connectivity index (χ2n) is 5.01. The van der Waals surface area contributed by atoms with Crippen LogP contribution >= 0.6 is 0 Å². The molecule has 1 heterocycles. The zero-order valence-corrected chi connectivity index (χ0v) is 11.6. The SMILES string of the molecule is COC(=O)Cc1cccc(C2C(=O)Nc3ccccc32)c1. The highest BCUT2D eigenvalue weighted by molar-refractivity contribution is 6.05. The summed E-state index contributed by atoms with van der Waals surface area (Å²) in [5.74, 6) is -0.645. The average Bonchev–Trinajstić information content (AvgIpc) is 2.83. The molecule has 2 aromatic carbocycles. The summed E-state index contributed by atoms with van der Waals surface area (Å²) < 4.78 is 4.68. The lowest BCUT2D eigenvalue weighted by Crippen LogP contribution is -2.13. The van der Waals surface area contributed by atoms with E-state index >= 15 is 0 Å². The number of ether oxygens (including phenoxy) is 1. The van der Waals surface area contributed by atoms with Crippen molar-refractivity contribution in [2.75, 3.05) is 12.4 Å². The van der Waals surface area contributed by atoms with Crippen molar-refractivity contribution in [3.05, 3.63) is 65.2 Å². The van der Waals surface area contributed by atoms with Gasteiger partial charge in [-0.1, -0.05) is 42.5 Å². The lowest BCUT2D eigenvalue weighted by molar-refractivity contribution is -0.139. The van der Waals surface area contributed by atoms with Gasteiger partial charge < -0.3 is 10.1 Å². The van der Waals surface area contributed by atoms with Crippen LogP contribution < -0.4 is 5.32 Å². The predicted molar refractivity (Wildman–Crippen MR) is 79.1 cm³/mol. The number of fused-ring (bicyclic) bond motifs is 1.